The number of anilines is 1. The molecule has 3 heteroatoms. The first-order chi connectivity index (χ1) is 7.05. The molecule has 0 unspecified atom stereocenters. The normalized spacial score (nSPS) is 11.5. The highest BCUT2D eigenvalue weighted by atomic mass is 19.1. The summed E-state index contributed by atoms with van der Waals surface area (Å²) in [6.45, 7) is 5.60. The van der Waals surface area contributed by atoms with Gasteiger partial charge in [-0.15, -0.1) is 0 Å². The average Bonchev–Trinajstić information content (AvgIpc) is 2.21. The van der Waals surface area contributed by atoms with E-state index in [-0.39, 0.29) is 11.2 Å². The molecule has 3 N–H and O–H groups in total. The van der Waals surface area contributed by atoms with Gasteiger partial charge in [-0.2, -0.15) is 0 Å². The van der Waals surface area contributed by atoms with Gasteiger partial charge in [0.15, 0.2) is 0 Å². The fourth-order valence-corrected chi connectivity index (χ4v) is 1.24. The largest absolute Gasteiger partial charge is 0.383 e. The third kappa shape index (κ3) is 3.88. The monoisotopic (exact) mass is 210 g/mol. The van der Waals surface area contributed by atoms with E-state index in [1.807, 2.05) is 6.07 Å². The summed E-state index contributed by atoms with van der Waals surface area (Å²) in [5.41, 5.74) is 6.28. The molecule has 0 fully saturated rings. The quantitative estimate of drug-likeness (QED) is 0.784. The average molecular weight is 210 g/mol. The first kappa shape index (κ1) is 12.0. The number of rotatable bonds is 5. The summed E-state index contributed by atoms with van der Waals surface area (Å²) in [4.78, 5) is 0. The van der Waals surface area contributed by atoms with E-state index in [1.165, 1.54) is 6.07 Å². The van der Waals surface area contributed by atoms with Crippen molar-refractivity contribution in [3.8, 4) is 0 Å². The second-order valence-corrected chi connectivity index (χ2v) is 4.52. The second-order valence-electron chi connectivity index (χ2n) is 4.52. The molecule has 0 radical (unpaired) electrons. The minimum atomic E-state index is -0.206. The summed E-state index contributed by atoms with van der Waals surface area (Å²) in [5, 5.41) is 3.07. The lowest BCUT2D eigenvalue weighted by molar-refractivity contribution is 0.358. The SMILES string of the molecule is CC(C)(CN)CCNc1ccccc1F. The van der Waals surface area contributed by atoms with Gasteiger partial charge >= 0.3 is 0 Å². The lowest BCUT2D eigenvalue weighted by Crippen LogP contribution is -2.26. The van der Waals surface area contributed by atoms with Gasteiger partial charge < -0.3 is 11.1 Å². The maximum absolute atomic E-state index is 13.2. The van der Waals surface area contributed by atoms with Crippen LogP contribution in [-0.4, -0.2) is 13.1 Å². The van der Waals surface area contributed by atoms with Crippen molar-refractivity contribution >= 4 is 5.69 Å². The molecule has 0 aromatic heterocycles. The van der Waals surface area contributed by atoms with Crippen molar-refractivity contribution in [2.75, 3.05) is 18.4 Å². The Morgan fingerprint density at radius 1 is 1.33 bits per heavy atom. The standard InChI is InChI=1S/C12H19FN2/c1-12(2,9-14)7-8-15-11-6-4-3-5-10(11)13/h3-6,15H,7-9,14H2,1-2H3. The zero-order chi connectivity index (χ0) is 11.3. The van der Waals surface area contributed by atoms with Crippen LogP contribution in [0.5, 0.6) is 0 Å². The highest BCUT2D eigenvalue weighted by Gasteiger charge is 2.14. The highest BCUT2D eigenvalue weighted by Crippen LogP contribution is 2.19. The van der Waals surface area contributed by atoms with Crippen LogP contribution in [0.25, 0.3) is 0 Å². The van der Waals surface area contributed by atoms with Crippen LogP contribution in [-0.2, 0) is 0 Å². The smallest absolute Gasteiger partial charge is 0.146 e. The van der Waals surface area contributed by atoms with Crippen molar-refractivity contribution in [1.29, 1.82) is 0 Å². The Bertz CT molecular complexity index is 310. The third-order valence-corrected chi connectivity index (χ3v) is 2.54. The Kier molecular flexibility index (Phi) is 4.09. The molecule has 0 aliphatic carbocycles. The Morgan fingerprint density at radius 2 is 2.00 bits per heavy atom. The van der Waals surface area contributed by atoms with Crippen molar-refractivity contribution in [2.45, 2.75) is 20.3 Å². The van der Waals surface area contributed by atoms with E-state index >= 15 is 0 Å². The molecule has 1 aromatic rings. The van der Waals surface area contributed by atoms with Crippen LogP contribution < -0.4 is 11.1 Å². The lowest BCUT2D eigenvalue weighted by Gasteiger charge is -2.22. The molecular formula is C12H19FN2. The molecule has 2 nitrogen and oxygen atoms in total. The minimum Gasteiger partial charge on any atom is -0.383 e. The summed E-state index contributed by atoms with van der Waals surface area (Å²) in [5.74, 6) is -0.206. The van der Waals surface area contributed by atoms with E-state index in [1.54, 1.807) is 12.1 Å². The van der Waals surface area contributed by atoms with E-state index < -0.39 is 0 Å². The van der Waals surface area contributed by atoms with Crippen LogP contribution in [0.4, 0.5) is 10.1 Å². The zero-order valence-corrected chi connectivity index (χ0v) is 9.39. The van der Waals surface area contributed by atoms with Crippen LogP contribution in [0.3, 0.4) is 0 Å². The van der Waals surface area contributed by atoms with Crippen LogP contribution >= 0.6 is 0 Å². The number of benzene rings is 1. The highest BCUT2D eigenvalue weighted by molar-refractivity contribution is 5.44. The predicted molar refractivity (Wildman–Crippen MR) is 62.3 cm³/mol. The lowest BCUT2D eigenvalue weighted by atomic mass is 9.90. The van der Waals surface area contributed by atoms with Crippen molar-refractivity contribution in [1.82, 2.24) is 0 Å². The number of nitrogens with two attached hydrogens (primary N) is 1. The van der Waals surface area contributed by atoms with Gasteiger partial charge in [0.25, 0.3) is 0 Å². The van der Waals surface area contributed by atoms with E-state index in [9.17, 15) is 4.39 Å². The Balaban J connectivity index is 2.42. The Hall–Kier alpha value is -1.09. The molecule has 0 saturated heterocycles. The molecule has 0 amide bonds. The molecule has 0 aliphatic rings. The minimum absolute atomic E-state index is 0.109. The number of nitrogens with one attached hydrogen (secondary N) is 1. The van der Waals surface area contributed by atoms with E-state index in [4.69, 9.17) is 5.73 Å². The maximum Gasteiger partial charge on any atom is 0.146 e. The number of hydrogen-bond donors (Lipinski definition) is 2. The molecule has 0 bridgehead atoms. The molecule has 1 aromatic carbocycles. The van der Waals surface area contributed by atoms with Gasteiger partial charge in [0.1, 0.15) is 5.82 Å². The summed E-state index contributed by atoms with van der Waals surface area (Å²) in [6.07, 6.45) is 0.928. The first-order valence-electron chi connectivity index (χ1n) is 5.24. The topological polar surface area (TPSA) is 38.0 Å². The van der Waals surface area contributed by atoms with Gasteiger partial charge in [0.2, 0.25) is 0 Å². The van der Waals surface area contributed by atoms with Crippen molar-refractivity contribution in [2.24, 2.45) is 11.1 Å². The van der Waals surface area contributed by atoms with Crippen molar-refractivity contribution < 1.29 is 4.39 Å². The number of halogens is 1. The first-order valence-corrected chi connectivity index (χ1v) is 5.24. The summed E-state index contributed by atoms with van der Waals surface area (Å²) >= 11 is 0. The van der Waals surface area contributed by atoms with Crippen LogP contribution in [0, 0.1) is 11.2 Å². The van der Waals surface area contributed by atoms with Gasteiger partial charge in [0, 0.05) is 6.54 Å². The third-order valence-electron chi connectivity index (χ3n) is 2.54. The van der Waals surface area contributed by atoms with E-state index in [0.29, 0.717) is 12.2 Å². The Morgan fingerprint density at radius 3 is 2.60 bits per heavy atom. The molecule has 0 atom stereocenters. The number of hydrogen-bond acceptors (Lipinski definition) is 2. The fourth-order valence-electron chi connectivity index (χ4n) is 1.24. The fraction of sp³-hybridized carbons (Fsp3) is 0.500. The van der Waals surface area contributed by atoms with Crippen LogP contribution in [0.1, 0.15) is 20.3 Å². The predicted octanol–water partition coefficient (Wildman–Crippen LogP) is 2.61. The van der Waals surface area contributed by atoms with Gasteiger partial charge in [-0.1, -0.05) is 26.0 Å². The molecule has 0 aliphatic heterocycles. The van der Waals surface area contributed by atoms with Crippen molar-refractivity contribution in [3.63, 3.8) is 0 Å². The molecule has 0 saturated carbocycles. The maximum atomic E-state index is 13.2. The molecule has 15 heavy (non-hydrogen) atoms. The summed E-state index contributed by atoms with van der Waals surface area (Å²) in [7, 11) is 0. The summed E-state index contributed by atoms with van der Waals surface area (Å²) < 4.78 is 13.2. The molecule has 0 spiro atoms. The molecule has 0 heterocycles. The molecule has 1 rings (SSSR count). The van der Waals surface area contributed by atoms with E-state index in [2.05, 4.69) is 19.2 Å². The summed E-state index contributed by atoms with van der Waals surface area (Å²) in [6, 6.07) is 6.70. The number of para-hydroxylation sites is 1. The van der Waals surface area contributed by atoms with Crippen LogP contribution in [0.2, 0.25) is 0 Å². The molecule has 84 valence electrons. The molecular weight excluding hydrogens is 191 g/mol. The Labute approximate surface area is 90.7 Å². The van der Waals surface area contributed by atoms with Gasteiger partial charge in [-0.3, -0.25) is 0 Å². The van der Waals surface area contributed by atoms with E-state index in [0.717, 1.165) is 13.0 Å². The van der Waals surface area contributed by atoms with Crippen LogP contribution in [0.15, 0.2) is 24.3 Å². The van der Waals surface area contributed by atoms with Gasteiger partial charge in [-0.25, -0.2) is 4.39 Å². The second kappa shape index (κ2) is 5.12. The van der Waals surface area contributed by atoms with Gasteiger partial charge in [-0.05, 0) is 30.5 Å². The van der Waals surface area contributed by atoms with Crippen molar-refractivity contribution in [3.05, 3.63) is 30.1 Å². The zero-order valence-electron chi connectivity index (χ0n) is 9.39. The van der Waals surface area contributed by atoms with Gasteiger partial charge in [0.05, 0.1) is 5.69 Å².